The third-order valence-electron chi connectivity index (χ3n) is 2.46. The lowest BCUT2D eigenvalue weighted by Crippen LogP contribution is -2.34. The van der Waals surface area contributed by atoms with Gasteiger partial charge in [0.1, 0.15) is 0 Å². The van der Waals surface area contributed by atoms with Crippen molar-refractivity contribution in [2.75, 3.05) is 26.3 Å². The van der Waals surface area contributed by atoms with Gasteiger partial charge in [-0.2, -0.15) is 0 Å². The fraction of sp³-hybridized carbons (Fsp3) is 1.00. The van der Waals surface area contributed by atoms with Gasteiger partial charge in [0.25, 0.3) is 0 Å². The number of ether oxygens (including phenoxy) is 2. The molecule has 0 saturated carbocycles. The molecule has 0 bridgehead atoms. The molecule has 1 aliphatic rings. The molecule has 0 aromatic carbocycles. The van der Waals surface area contributed by atoms with Crippen LogP contribution in [-0.4, -0.2) is 38.0 Å². The van der Waals surface area contributed by atoms with E-state index in [4.69, 9.17) is 9.47 Å². The van der Waals surface area contributed by atoms with Crippen LogP contribution >= 0.6 is 0 Å². The molecule has 1 unspecified atom stereocenters. The zero-order valence-electron chi connectivity index (χ0n) is 10.3. The van der Waals surface area contributed by atoms with E-state index in [1.54, 1.807) is 0 Å². The number of hydrogen-bond acceptors (Lipinski definition) is 3. The van der Waals surface area contributed by atoms with Gasteiger partial charge in [0, 0.05) is 19.7 Å². The molecule has 1 N–H and O–H groups in total. The molecule has 0 aromatic rings. The molecule has 0 aliphatic carbocycles. The molecule has 1 saturated heterocycles. The number of hydrogen-bond donors (Lipinski definition) is 1. The monoisotopic (exact) mass is 215 g/mol. The summed E-state index contributed by atoms with van der Waals surface area (Å²) in [5, 5.41) is 3.38. The standard InChI is InChI=1S/C12H25NO2/c1-12(2,3)15-9-7-13-10-11-6-4-5-8-14-11/h11,13H,4-10H2,1-3H3. The Hall–Kier alpha value is -0.120. The molecule has 0 amide bonds. The van der Waals surface area contributed by atoms with E-state index < -0.39 is 0 Å². The highest BCUT2D eigenvalue weighted by atomic mass is 16.5. The summed E-state index contributed by atoms with van der Waals surface area (Å²) in [6.45, 7) is 9.83. The van der Waals surface area contributed by atoms with Gasteiger partial charge in [-0.3, -0.25) is 0 Å². The third kappa shape index (κ3) is 6.88. The second-order valence-corrected chi connectivity index (χ2v) is 5.15. The van der Waals surface area contributed by atoms with E-state index >= 15 is 0 Å². The first-order chi connectivity index (χ1) is 7.08. The Balaban J connectivity index is 1.92. The Morgan fingerprint density at radius 1 is 1.33 bits per heavy atom. The second-order valence-electron chi connectivity index (χ2n) is 5.15. The van der Waals surface area contributed by atoms with E-state index in [1.165, 1.54) is 19.3 Å². The van der Waals surface area contributed by atoms with Gasteiger partial charge in [-0.05, 0) is 40.0 Å². The van der Waals surface area contributed by atoms with Crippen molar-refractivity contribution in [2.45, 2.75) is 51.7 Å². The van der Waals surface area contributed by atoms with E-state index in [-0.39, 0.29) is 5.60 Å². The molecule has 0 spiro atoms. The van der Waals surface area contributed by atoms with E-state index in [9.17, 15) is 0 Å². The van der Waals surface area contributed by atoms with Crippen molar-refractivity contribution in [3.05, 3.63) is 0 Å². The molecule has 1 rings (SSSR count). The highest BCUT2D eigenvalue weighted by molar-refractivity contribution is 4.66. The first-order valence-electron chi connectivity index (χ1n) is 6.04. The van der Waals surface area contributed by atoms with Crippen molar-refractivity contribution in [3.63, 3.8) is 0 Å². The molecule has 1 fully saturated rings. The maximum Gasteiger partial charge on any atom is 0.0699 e. The molecule has 0 radical (unpaired) electrons. The summed E-state index contributed by atoms with van der Waals surface area (Å²) in [4.78, 5) is 0. The topological polar surface area (TPSA) is 30.5 Å². The molecule has 3 heteroatoms. The van der Waals surface area contributed by atoms with Crippen molar-refractivity contribution in [3.8, 4) is 0 Å². The van der Waals surface area contributed by atoms with Crippen LogP contribution in [0, 0.1) is 0 Å². The van der Waals surface area contributed by atoms with Crippen LogP contribution in [0.5, 0.6) is 0 Å². The van der Waals surface area contributed by atoms with Gasteiger partial charge in [0.15, 0.2) is 0 Å². The number of nitrogens with one attached hydrogen (secondary N) is 1. The third-order valence-corrected chi connectivity index (χ3v) is 2.46. The van der Waals surface area contributed by atoms with Crippen LogP contribution in [0.1, 0.15) is 40.0 Å². The lowest BCUT2D eigenvalue weighted by molar-refractivity contribution is -0.00649. The molecule has 1 atom stereocenters. The minimum absolute atomic E-state index is 0.0248. The zero-order chi connectivity index (χ0) is 11.1. The lowest BCUT2D eigenvalue weighted by Gasteiger charge is -2.23. The molecule has 3 nitrogen and oxygen atoms in total. The summed E-state index contributed by atoms with van der Waals surface area (Å²) in [5.41, 5.74) is -0.0248. The minimum atomic E-state index is -0.0248. The predicted molar refractivity (Wildman–Crippen MR) is 62.2 cm³/mol. The summed E-state index contributed by atoms with van der Waals surface area (Å²) in [6.07, 6.45) is 4.16. The molecule has 0 aromatic heterocycles. The van der Waals surface area contributed by atoms with Crippen molar-refractivity contribution >= 4 is 0 Å². The lowest BCUT2D eigenvalue weighted by atomic mass is 10.1. The maximum atomic E-state index is 5.62. The summed E-state index contributed by atoms with van der Waals surface area (Å²) in [6, 6.07) is 0. The van der Waals surface area contributed by atoms with Crippen LogP contribution in [0.25, 0.3) is 0 Å². The van der Waals surface area contributed by atoms with E-state index in [0.717, 1.165) is 26.3 Å². The van der Waals surface area contributed by atoms with Crippen LogP contribution in [0.3, 0.4) is 0 Å². The zero-order valence-corrected chi connectivity index (χ0v) is 10.3. The Bertz CT molecular complexity index is 159. The summed E-state index contributed by atoms with van der Waals surface area (Å²) >= 11 is 0. The fourth-order valence-corrected chi connectivity index (χ4v) is 1.66. The summed E-state index contributed by atoms with van der Waals surface area (Å²) < 4.78 is 11.2. The van der Waals surface area contributed by atoms with Crippen LogP contribution < -0.4 is 5.32 Å². The SMILES string of the molecule is CC(C)(C)OCCNCC1CCCCO1. The van der Waals surface area contributed by atoms with Gasteiger partial charge in [0.05, 0.1) is 18.3 Å². The van der Waals surface area contributed by atoms with Crippen LogP contribution in [0.15, 0.2) is 0 Å². The Kier molecular flexibility index (Phi) is 5.58. The fourth-order valence-electron chi connectivity index (χ4n) is 1.66. The van der Waals surface area contributed by atoms with E-state index in [0.29, 0.717) is 6.10 Å². The average molecular weight is 215 g/mol. The summed E-state index contributed by atoms with van der Waals surface area (Å²) in [7, 11) is 0. The number of rotatable bonds is 5. The van der Waals surface area contributed by atoms with Crippen LogP contribution in [0.4, 0.5) is 0 Å². The molecule has 90 valence electrons. The van der Waals surface area contributed by atoms with Gasteiger partial charge in [0.2, 0.25) is 0 Å². The van der Waals surface area contributed by atoms with Crippen molar-refractivity contribution in [1.82, 2.24) is 5.32 Å². The second kappa shape index (κ2) is 6.46. The van der Waals surface area contributed by atoms with Gasteiger partial charge in [-0.1, -0.05) is 0 Å². The van der Waals surface area contributed by atoms with Crippen molar-refractivity contribution in [1.29, 1.82) is 0 Å². The molecular formula is C12H25NO2. The quantitative estimate of drug-likeness (QED) is 0.711. The normalized spacial score (nSPS) is 23.0. The first kappa shape index (κ1) is 12.9. The highest BCUT2D eigenvalue weighted by Gasteiger charge is 2.13. The van der Waals surface area contributed by atoms with Gasteiger partial charge in [-0.25, -0.2) is 0 Å². The summed E-state index contributed by atoms with van der Waals surface area (Å²) in [5.74, 6) is 0. The van der Waals surface area contributed by atoms with Crippen molar-refractivity contribution < 1.29 is 9.47 Å². The highest BCUT2D eigenvalue weighted by Crippen LogP contribution is 2.11. The van der Waals surface area contributed by atoms with E-state index in [2.05, 4.69) is 26.1 Å². The van der Waals surface area contributed by atoms with Crippen LogP contribution in [-0.2, 0) is 9.47 Å². The Morgan fingerprint density at radius 3 is 2.73 bits per heavy atom. The van der Waals surface area contributed by atoms with Gasteiger partial charge in [-0.15, -0.1) is 0 Å². The van der Waals surface area contributed by atoms with Crippen molar-refractivity contribution in [2.24, 2.45) is 0 Å². The Morgan fingerprint density at radius 2 is 2.13 bits per heavy atom. The smallest absolute Gasteiger partial charge is 0.0699 e. The maximum absolute atomic E-state index is 5.62. The average Bonchev–Trinajstić information content (AvgIpc) is 2.17. The molecule has 15 heavy (non-hydrogen) atoms. The first-order valence-corrected chi connectivity index (χ1v) is 6.04. The predicted octanol–water partition coefficient (Wildman–Crippen LogP) is 1.96. The Labute approximate surface area is 93.5 Å². The molecule has 1 heterocycles. The largest absolute Gasteiger partial charge is 0.377 e. The minimum Gasteiger partial charge on any atom is -0.377 e. The van der Waals surface area contributed by atoms with Gasteiger partial charge >= 0.3 is 0 Å². The molecular weight excluding hydrogens is 190 g/mol. The molecule has 1 aliphatic heterocycles. The van der Waals surface area contributed by atoms with Gasteiger partial charge < -0.3 is 14.8 Å². The van der Waals surface area contributed by atoms with Crippen LogP contribution in [0.2, 0.25) is 0 Å². The van der Waals surface area contributed by atoms with E-state index in [1.807, 2.05) is 0 Å².